The highest BCUT2D eigenvalue weighted by molar-refractivity contribution is 9.10. The molecule has 2 N–H and O–H groups in total. The molecule has 4 nitrogen and oxygen atoms in total. The molecule has 0 aliphatic rings. The quantitative estimate of drug-likeness (QED) is 0.941. The minimum Gasteiger partial charge on any atom is -0.424 e. The lowest BCUT2D eigenvalue weighted by atomic mass is 10.1. The monoisotopic (exact) mass is 321 g/mol. The third-order valence-electron chi connectivity index (χ3n) is 2.71. The molecule has 0 bridgehead atoms. The van der Waals surface area contributed by atoms with Gasteiger partial charge in [-0.3, -0.25) is 0 Å². The lowest BCUT2D eigenvalue weighted by molar-refractivity contribution is 0.437. The number of nitrogens with zero attached hydrogens (tertiary/aromatic N) is 2. The first-order valence-electron chi connectivity index (χ1n) is 5.99. The van der Waals surface area contributed by atoms with E-state index in [4.69, 9.17) is 10.5 Å². The second-order valence-electron chi connectivity index (χ2n) is 4.46. The van der Waals surface area contributed by atoms with Crippen molar-refractivity contribution in [1.29, 1.82) is 0 Å². The Morgan fingerprint density at radius 1 is 1.11 bits per heavy atom. The number of ether oxygens (including phenoxy) is 1. The van der Waals surface area contributed by atoms with Crippen LogP contribution in [0.4, 0.5) is 0 Å². The van der Waals surface area contributed by atoms with E-state index < -0.39 is 0 Å². The summed E-state index contributed by atoms with van der Waals surface area (Å²) >= 11 is 3.53. The zero-order valence-electron chi connectivity index (χ0n) is 11.2. The van der Waals surface area contributed by atoms with E-state index in [1.54, 1.807) is 0 Å². The lowest BCUT2D eigenvalue weighted by Gasteiger charge is -2.09. The highest BCUT2D eigenvalue weighted by Gasteiger charge is 2.07. The summed E-state index contributed by atoms with van der Waals surface area (Å²) < 4.78 is 6.81. The molecule has 19 heavy (non-hydrogen) atoms. The van der Waals surface area contributed by atoms with Gasteiger partial charge in [0, 0.05) is 16.7 Å². The van der Waals surface area contributed by atoms with E-state index in [1.165, 1.54) is 0 Å². The Morgan fingerprint density at radius 2 is 1.74 bits per heavy atom. The Balaban J connectivity index is 2.33. The van der Waals surface area contributed by atoms with Gasteiger partial charge in [-0.2, -0.15) is 4.98 Å². The second-order valence-corrected chi connectivity index (χ2v) is 5.25. The summed E-state index contributed by atoms with van der Waals surface area (Å²) in [5, 5.41) is 0. The summed E-state index contributed by atoms with van der Waals surface area (Å²) in [5.74, 6) is 0.728. The molecule has 2 aromatic rings. The molecule has 0 saturated heterocycles. The standard InChI is InChI=1S/C14H16BrN3O/c1-8-4-12(5-9(2)13(8)15)19-14-17-10(3)6-11(7-16)18-14/h4-6H,7,16H2,1-3H3. The molecule has 0 radical (unpaired) electrons. The fourth-order valence-electron chi connectivity index (χ4n) is 1.83. The van der Waals surface area contributed by atoms with Crippen LogP contribution >= 0.6 is 15.9 Å². The maximum Gasteiger partial charge on any atom is 0.322 e. The van der Waals surface area contributed by atoms with Gasteiger partial charge in [0.25, 0.3) is 0 Å². The molecule has 0 aliphatic heterocycles. The average molecular weight is 322 g/mol. The van der Waals surface area contributed by atoms with Crippen LogP contribution < -0.4 is 10.5 Å². The van der Waals surface area contributed by atoms with Crippen LogP contribution in [-0.4, -0.2) is 9.97 Å². The first kappa shape index (κ1) is 14.0. The van der Waals surface area contributed by atoms with Crippen molar-refractivity contribution >= 4 is 15.9 Å². The van der Waals surface area contributed by atoms with Crippen LogP contribution in [0.5, 0.6) is 11.8 Å². The fourth-order valence-corrected chi connectivity index (χ4v) is 2.05. The summed E-state index contributed by atoms with van der Waals surface area (Å²) in [6, 6.07) is 6.09. The molecule has 100 valence electrons. The van der Waals surface area contributed by atoms with Gasteiger partial charge in [0.15, 0.2) is 0 Å². The third kappa shape index (κ3) is 3.30. The highest BCUT2D eigenvalue weighted by atomic mass is 79.9. The van der Waals surface area contributed by atoms with Crippen molar-refractivity contribution in [1.82, 2.24) is 9.97 Å². The van der Waals surface area contributed by atoms with Crippen molar-refractivity contribution in [3.63, 3.8) is 0 Å². The molecule has 0 aliphatic carbocycles. The van der Waals surface area contributed by atoms with Gasteiger partial charge in [0.05, 0.1) is 5.69 Å². The minimum absolute atomic E-state index is 0.335. The predicted molar refractivity (Wildman–Crippen MR) is 78.4 cm³/mol. The maximum atomic E-state index is 5.72. The molecule has 2 rings (SSSR count). The fraction of sp³-hybridized carbons (Fsp3) is 0.286. The first-order chi connectivity index (χ1) is 8.99. The predicted octanol–water partition coefficient (Wildman–Crippen LogP) is 3.42. The number of hydrogen-bond acceptors (Lipinski definition) is 4. The van der Waals surface area contributed by atoms with Gasteiger partial charge >= 0.3 is 6.01 Å². The van der Waals surface area contributed by atoms with Gasteiger partial charge in [0.1, 0.15) is 5.75 Å². The Bertz CT molecular complexity index is 591. The Labute approximate surface area is 121 Å². The maximum absolute atomic E-state index is 5.72. The van der Waals surface area contributed by atoms with Crippen LogP contribution in [0.15, 0.2) is 22.7 Å². The largest absolute Gasteiger partial charge is 0.424 e. The van der Waals surface area contributed by atoms with E-state index in [0.29, 0.717) is 12.6 Å². The number of aromatic nitrogens is 2. The average Bonchev–Trinajstić information content (AvgIpc) is 2.35. The molecule has 0 saturated carbocycles. The number of hydrogen-bond donors (Lipinski definition) is 1. The molecule has 0 unspecified atom stereocenters. The van der Waals surface area contributed by atoms with Gasteiger partial charge in [0.2, 0.25) is 0 Å². The van der Waals surface area contributed by atoms with E-state index >= 15 is 0 Å². The Morgan fingerprint density at radius 3 is 2.32 bits per heavy atom. The molecule has 0 atom stereocenters. The number of nitrogens with two attached hydrogens (primary N) is 1. The lowest BCUT2D eigenvalue weighted by Crippen LogP contribution is -2.03. The molecular formula is C14H16BrN3O. The molecule has 1 aromatic carbocycles. The highest BCUT2D eigenvalue weighted by Crippen LogP contribution is 2.28. The normalized spacial score (nSPS) is 10.6. The molecule has 0 amide bonds. The number of rotatable bonds is 3. The first-order valence-corrected chi connectivity index (χ1v) is 6.78. The van der Waals surface area contributed by atoms with E-state index in [2.05, 4.69) is 25.9 Å². The molecule has 1 aromatic heterocycles. The van der Waals surface area contributed by atoms with Gasteiger partial charge in [-0.25, -0.2) is 4.98 Å². The van der Waals surface area contributed by atoms with Gasteiger partial charge in [-0.1, -0.05) is 15.9 Å². The van der Waals surface area contributed by atoms with Crippen molar-refractivity contribution in [2.45, 2.75) is 27.3 Å². The minimum atomic E-state index is 0.335. The summed E-state index contributed by atoms with van der Waals surface area (Å²) in [5.41, 5.74) is 9.44. The zero-order chi connectivity index (χ0) is 14.0. The van der Waals surface area contributed by atoms with Crippen molar-refractivity contribution < 1.29 is 4.74 Å². The van der Waals surface area contributed by atoms with E-state index in [1.807, 2.05) is 39.0 Å². The van der Waals surface area contributed by atoms with Crippen molar-refractivity contribution in [2.75, 3.05) is 0 Å². The topological polar surface area (TPSA) is 61.0 Å². The van der Waals surface area contributed by atoms with Crippen LogP contribution in [0.25, 0.3) is 0 Å². The van der Waals surface area contributed by atoms with Crippen molar-refractivity contribution in [3.8, 4) is 11.8 Å². The van der Waals surface area contributed by atoms with Gasteiger partial charge in [-0.05, 0) is 50.1 Å². The van der Waals surface area contributed by atoms with E-state index in [0.717, 1.165) is 32.7 Å². The molecule has 0 fully saturated rings. The van der Waals surface area contributed by atoms with Crippen LogP contribution in [0, 0.1) is 20.8 Å². The number of aryl methyl sites for hydroxylation is 3. The van der Waals surface area contributed by atoms with Gasteiger partial charge in [-0.15, -0.1) is 0 Å². The zero-order valence-corrected chi connectivity index (χ0v) is 12.8. The second kappa shape index (κ2) is 5.67. The van der Waals surface area contributed by atoms with Crippen LogP contribution in [0.1, 0.15) is 22.5 Å². The van der Waals surface area contributed by atoms with E-state index in [-0.39, 0.29) is 0 Å². The third-order valence-corrected chi connectivity index (χ3v) is 3.97. The summed E-state index contributed by atoms with van der Waals surface area (Å²) in [6.45, 7) is 6.31. The SMILES string of the molecule is Cc1cc(CN)nc(Oc2cc(C)c(Br)c(C)c2)n1. The molecule has 1 heterocycles. The smallest absolute Gasteiger partial charge is 0.322 e. The molecule has 5 heteroatoms. The number of halogens is 1. The Hall–Kier alpha value is -1.46. The summed E-state index contributed by atoms with van der Waals surface area (Å²) in [6.07, 6.45) is 0. The van der Waals surface area contributed by atoms with Crippen LogP contribution in [0.2, 0.25) is 0 Å². The Kier molecular flexibility index (Phi) is 4.17. The van der Waals surface area contributed by atoms with Crippen LogP contribution in [-0.2, 0) is 6.54 Å². The van der Waals surface area contributed by atoms with Gasteiger partial charge < -0.3 is 10.5 Å². The number of benzene rings is 1. The summed E-state index contributed by atoms with van der Waals surface area (Å²) in [4.78, 5) is 8.52. The molecular weight excluding hydrogens is 306 g/mol. The van der Waals surface area contributed by atoms with Crippen molar-refractivity contribution in [2.24, 2.45) is 5.73 Å². The molecule has 0 spiro atoms. The summed E-state index contributed by atoms with van der Waals surface area (Å²) in [7, 11) is 0. The van der Waals surface area contributed by atoms with Crippen LogP contribution in [0.3, 0.4) is 0 Å². The van der Waals surface area contributed by atoms with Crippen molar-refractivity contribution in [3.05, 3.63) is 45.2 Å². The van der Waals surface area contributed by atoms with E-state index in [9.17, 15) is 0 Å².